The maximum atomic E-state index is 11.2. The van der Waals surface area contributed by atoms with E-state index in [4.69, 9.17) is 4.98 Å². The van der Waals surface area contributed by atoms with Crippen molar-refractivity contribution in [1.82, 2.24) is 9.38 Å². The molecule has 0 amide bonds. The molecule has 0 aliphatic carbocycles. The van der Waals surface area contributed by atoms with Gasteiger partial charge in [0.2, 0.25) is 10.9 Å². The predicted molar refractivity (Wildman–Crippen MR) is 119 cm³/mol. The summed E-state index contributed by atoms with van der Waals surface area (Å²) >= 11 is 4.29. The summed E-state index contributed by atoms with van der Waals surface area (Å²) in [5.41, 5.74) is 1.53. The van der Waals surface area contributed by atoms with Crippen LogP contribution in [0.4, 0.5) is 16.4 Å². The maximum absolute atomic E-state index is 11.2. The van der Waals surface area contributed by atoms with Crippen molar-refractivity contribution in [2.75, 3.05) is 0 Å². The molecule has 0 atom stereocenters. The number of rotatable bonds is 5. The number of thiophene rings is 2. The third kappa shape index (κ3) is 3.09. The molecule has 4 aromatic heterocycles. The van der Waals surface area contributed by atoms with Crippen LogP contribution in [0.5, 0.6) is 5.88 Å². The number of thiazole rings is 1. The van der Waals surface area contributed by atoms with Gasteiger partial charge >= 0.3 is 0 Å². The Kier molecular flexibility index (Phi) is 4.62. The van der Waals surface area contributed by atoms with Crippen molar-refractivity contribution >= 4 is 55.3 Å². The summed E-state index contributed by atoms with van der Waals surface area (Å²) in [5, 5.41) is 34.3. The molecular weight excluding hydrogens is 442 g/mol. The first-order valence-corrected chi connectivity index (χ1v) is 11.2. The van der Waals surface area contributed by atoms with Gasteiger partial charge in [-0.1, -0.05) is 35.6 Å². The molecule has 0 spiro atoms. The minimum atomic E-state index is -0.516. The quantitative estimate of drug-likeness (QED) is 0.178. The molecule has 0 saturated heterocycles. The Balaban J connectivity index is 1.65. The zero-order valence-electron chi connectivity index (χ0n) is 15.0. The lowest BCUT2D eigenvalue weighted by Gasteiger charge is -2.01. The number of hydrogen-bond donors (Lipinski definition) is 1. The molecule has 1 aromatic carbocycles. The maximum Gasteiger partial charge on any atom is 0.296 e. The lowest BCUT2D eigenvalue weighted by Crippen LogP contribution is -1.87. The van der Waals surface area contributed by atoms with E-state index in [0.717, 1.165) is 21.1 Å². The fourth-order valence-corrected chi connectivity index (χ4v) is 5.30. The molecule has 11 heteroatoms. The number of para-hydroxylation sites is 1. The molecule has 0 aliphatic rings. The third-order valence-corrected chi connectivity index (χ3v) is 6.94. The first-order valence-electron chi connectivity index (χ1n) is 8.60. The van der Waals surface area contributed by atoms with Gasteiger partial charge in [-0.15, -0.1) is 32.9 Å². The van der Waals surface area contributed by atoms with E-state index in [1.54, 1.807) is 39.2 Å². The number of fused-ring (bicyclic) bond motifs is 1. The Morgan fingerprint density at radius 2 is 1.73 bits per heavy atom. The van der Waals surface area contributed by atoms with Crippen LogP contribution in [0.25, 0.3) is 26.1 Å². The second-order valence-electron chi connectivity index (χ2n) is 6.06. The van der Waals surface area contributed by atoms with Crippen LogP contribution >= 0.6 is 34.0 Å². The van der Waals surface area contributed by atoms with Crippen LogP contribution in [0.1, 0.15) is 0 Å². The topological polar surface area (TPSA) is 105 Å². The van der Waals surface area contributed by atoms with Crippen molar-refractivity contribution < 1.29 is 10.0 Å². The Labute approximate surface area is 181 Å². The van der Waals surface area contributed by atoms with E-state index >= 15 is 0 Å². The molecule has 0 saturated carbocycles. The molecule has 30 heavy (non-hydrogen) atoms. The average Bonchev–Trinajstić information content (AvgIpc) is 3.52. The van der Waals surface area contributed by atoms with Crippen LogP contribution in [-0.2, 0) is 0 Å². The van der Waals surface area contributed by atoms with Crippen LogP contribution in [0.2, 0.25) is 0 Å². The number of nitrogens with zero attached hydrogens (tertiary/aromatic N) is 5. The molecule has 0 fully saturated rings. The van der Waals surface area contributed by atoms with Crippen molar-refractivity contribution in [3.05, 3.63) is 69.4 Å². The van der Waals surface area contributed by atoms with E-state index in [-0.39, 0.29) is 22.3 Å². The molecule has 4 heterocycles. The van der Waals surface area contributed by atoms with E-state index in [1.165, 1.54) is 23.5 Å². The van der Waals surface area contributed by atoms with Crippen molar-refractivity contribution in [2.24, 2.45) is 10.2 Å². The molecule has 0 bridgehead atoms. The number of hydrogen-bond acceptors (Lipinski definition) is 9. The van der Waals surface area contributed by atoms with Crippen molar-refractivity contribution in [2.45, 2.75) is 0 Å². The standard InChI is InChI=1S/C19H11N5O3S3/c25-18-17(22-21-11-5-1-2-6-12(11)24(26)27)30-19-20-15(13-7-3-9-28-13)16(23(18)19)14-8-4-10-29-14/h1-10,25H. The van der Waals surface area contributed by atoms with E-state index in [1.807, 2.05) is 35.0 Å². The van der Waals surface area contributed by atoms with Gasteiger partial charge < -0.3 is 5.11 Å². The van der Waals surface area contributed by atoms with Gasteiger partial charge in [-0.2, -0.15) is 0 Å². The smallest absolute Gasteiger partial charge is 0.296 e. The van der Waals surface area contributed by atoms with Gasteiger partial charge in [-0.3, -0.25) is 14.5 Å². The first-order chi connectivity index (χ1) is 14.6. The second-order valence-corrected chi connectivity index (χ2v) is 8.91. The van der Waals surface area contributed by atoms with Gasteiger partial charge in [0, 0.05) is 6.07 Å². The molecule has 1 N–H and O–H groups in total. The van der Waals surface area contributed by atoms with Gasteiger partial charge in [-0.05, 0) is 29.0 Å². The number of nitro groups is 1. The summed E-state index contributed by atoms with van der Waals surface area (Å²) in [7, 11) is 0. The van der Waals surface area contributed by atoms with Gasteiger partial charge in [0.25, 0.3) is 5.69 Å². The third-order valence-electron chi connectivity index (χ3n) is 4.27. The van der Waals surface area contributed by atoms with E-state index in [2.05, 4.69) is 10.2 Å². The highest BCUT2D eigenvalue weighted by Gasteiger charge is 2.24. The number of azo groups is 1. The Hall–Kier alpha value is -3.41. The zero-order valence-corrected chi connectivity index (χ0v) is 17.4. The average molecular weight is 454 g/mol. The number of benzene rings is 1. The number of imidazole rings is 1. The van der Waals surface area contributed by atoms with Crippen molar-refractivity contribution in [3.8, 4) is 27.0 Å². The van der Waals surface area contributed by atoms with E-state index in [9.17, 15) is 15.2 Å². The Morgan fingerprint density at radius 1 is 1.00 bits per heavy atom. The Bertz CT molecular complexity index is 1380. The fourth-order valence-electron chi connectivity index (χ4n) is 2.99. The summed E-state index contributed by atoms with van der Waals surface area (Å²) in [6, 6.07) is 13.9. The molecule has 5 rings (SSSR count). The number of nitro benzene ring substituents is 1. The molecule has 0 unspecified atom stereocenters. The molecule has 5 aromatic rings. The molecule has 148 valence electrons. The lowest BCUT2D eigenvalue weighted by molar-refractivity contribution is -0.384. The van der Waals surface area contributed by atoms with Gasteiger partial charge in [0.15, 0.2) is 10.6 Å². The molecule has 8 nitrogen and oxygen atoms in total. The van der Waals surface area contributed by atoms with Gasteiger partial charge in [0.1, 0.15) is 5.69 Å². The van der Waals surface area contributed by atoms with Crippen LogP contribution in [0, 0.1) is 10.1 Å². The Morgan fingerprint density at radius 3 is 2.43 bits per heavy atom. The van der Waals surface area contributed by atoms with E-state index in [0.29, 0.717) is 4.96 Å². The van der Waals surface area contributed by atoms with Gasteiger partial charge in [0.05, 0.1) is 20.4 Å². The van der Waals surface area contributed by atoms with E-state index < -0.39 is 4.92 Å². The molecule has 0 aliphatic heterocycles. The summed E-state index contributed by atoms with van der Waals surface area (Å²) in [4.78, 5) is 17.9. The second kappa shape index (κ2) is 7.44. The van der Waals surface area contributed by atoms with Crippen LogP contribution in [0.15, 0.2) is 69.5 Å². The monoisotopic (exact) mass is 453 g/mol. The minimum Gasteiger partial charge on any atom is -0.492 e. The fraction of sp³-hybridized carbons (Fsp3) is 0. The van der Waals surface area contributed by atoms with Crippen molar-refractivity contribution in [3.63, 3.8) is 0 Å². The lowest BCUT2D eigenvalue weighted by atomic mass is 10.2. The highest BCUT2D eigenvalue weighted by Crippen LogP contribution is 2.45. The summed E-state index contributed by atoms with van der Waals surface area (Å²) in [5.74, 6) is -0.101. The molecular formula is C19H11N5O3S3. The zero-order chi connectivity index (χ0) is 20.7. The normalized spacial score (nSPS) is 11.6. The summed E-state index contributed by atoms with van der Waals surface area (Å²) < 4.78 is 1.65. The number of aromatic nitrogens is 2. The first kappa shape index (κ1) is 18.6. The van der Waals surface area contributed by atoms with Crippen LogP contribution in [-0.4, -0.2) is 19.4 Å². The minimum absolute atomic E-state index is 0.101. The largest absolute Gasteiger partial charge is 0.492 e. The predicted octanol–water partition coefficient (Wildman–Crippen LogP) is 6.88. The summed E-state index contributed by atoms with van der Waals surface area (Å²) in [6.07, 6.45) is 0. The van der Waals surface area contributed by atoms with Gasteiger partial charge in [-0.25, -0.2) is 4.98 Å². The highest BCUT2D eigenvalue weighted by molar-refractivity contribution is 7.21. The van der Waals surface area contributed by atoms with Crippen LogP contribution < -0.4 is 0 Å². The number of aromatic hydroxyl groups is 1. The SMILES string of the molecule is O=[N+]([O-])c1ccccc1N=Nc1sc2nc(-c3cccs3)c(-c3cccs3)n2c1O. The van der Waals surface area contributed by atoms with Crippen molar-refractivity contribution in [1.29, 1.82) is 0 Å². The van der Waals surface area contributed by atoms with Crippen LogP contribution in [0.3, 0.4) is 0 Å². The molecule has 0 radical (unpaired) electrons. The summed E-state index contributed by atoms with van der Waals surface area (Å²) in [6.45, 7) is 0. The highest BCUT2D eigenvalue weighted by atomic mass is 32.1.